The van der Waals surface area contributed by atoms with E-state index in [4.69, 9.17) is 4.74 Å². The molecule has 4 nitrogen and oxygen atoms in total. The Morgan fingerprint density at radius 2 is 0.946 bits per heavy atom. The number of unbranched alkanes of at least 4 members (excludes halogenated alkanes) is 15. The number of carbonyl (C=O) groups is 1. The average Bonchev–Trinajstić information content (AvgIpc) is 2.90. The van der Waals surface area contributed by atoms with E-state index in [9.17, 15) is 15.0 Å². The van der Waals surface area contributed by atoms with Crippen molar-refractivity contribution in [1.29, 1.82) is 0 Å². The van der Waals surface area contributed by atoms with Crippen molar-refractivity contribution in [2.45, 2.75) is 122 Å². The van der Waals surface area contributed by atoms with E-state index in [-0.39, 0.29) is 29.8 Å². The van der Waals surface area contributed by atoms with E-state index in [0.717, 1.165) is 24.0 Å². The molecule has 0 aliphatic rings. The summed E-state index contributed by atoms with van der Waals surface area (Å²) < 4.78 is 5.54. The molecule has 2 aromatic carbocycles. The van der Waals surface area contributed by atoms with Gasteiger partial charge in [0.2, 0.25) is 0 Å². The molecule has 0 bridgehead atoms. The summed E-state index contributed by atoms with van der Waals surface area (Å²) in [4.78, 5) is 12.6. The minimum Gasteiger partial charge on any atom is -0.508 e. The molecule has 0 fully saturated rings. The van der Waals surface area contributed by atoms with Crippen molar-refractivity contribution in [2.75, 3.05) is 6.61 Å². The van der Waals surface area contributed by atoms with Gasteiger partial charge < -0.3 is 14.9 Å². The first kappa shape index (κ1) is 30.7. The van der Waals surface area contributed by atoms with E-state index in [1.165, 1.54) is 89.9 Å². The third-order valence-corrected chi connectivity index (χ3v) is 7.22. The van der Waals surface area contributed by atoms with Crippen molar-refractivity contribution in [3.63, 3.8) is 0 Å². The smallest absolute Gasteiger partial charge is 0.306 e. The lowest BCUT2D eigenvalue weighted by Crippen LogP contribution is -2.12. The molecule has 0 saturated heterocycles. The van der Waals surface area contributed by atoms with E-state index in [1.807, 2.05) is 24.3 Å². The van der Waals surface area contributed by atoms with Gasteiger partial charge in [-0.05, 0) is 41.8 Å². The number of benzene rings is 2. The molecule has 2 rings (SSSR count). The lowest BCUT2D eigenvalue weighted by Gasteiger charge is -2.18. The number of rotatable bonds is 21. The number of hydrogen-bond donors (Lipinski definition) is 2. The predicted molar refractivity (Wildman–Crippen MR) is 153 cm³/mol. The predicted octanol–water partition coefficient (Wildman–Crippen LogP) is 9.42. The molecule has 0 radical (unpaired) electrons. The molecule has 2 aromatic rings. The Labute approximate surface area is 225 Å². The Morgan fingerprint density at radius 1 is 0.595 bits per heavy atom. The second-order valence-corrected chi connectivity index (χ2v) is 10.5. The SMILES string of the molecule is CCCCCCCCCCCCCCCCCCOC(=O)CC(c1ccc(O)cc1)c1ccc(O)cc1. The first-order valence-electron chi connectivity index (χ1n) is 14.8. The molecule has 206 valence electrons. The van der Waals surface area contributed by atoms with Crippen LogP contribution in [0.25, 0.3) is 0 Å². The number of carbonyl (C=O) groups excluding carboxylic acids is 1. The summed E-state index contributed by atoms with van der Waals surface area (Å²) in [7, 11) is 0. The highest BCUT2D eigenvalue weighted by molar-refractivity contribution is 5.71. The quantitative estimate of drug-likeness (QED) is 0.130. The van der Waals surface area contributed by atoms with Crippen LogP contribution < -0.4 is 0 Å². The molecule has 0 aliphatic carbocycles. The van der Waals surface area contributed by atoms with E-state index < -0.39 is 0 Å². The van der Waals surface area contributed by atoms with Crippen LogP contribution >= 0.6 is 0 Å². The molecular weight excluding hydrogens is 460 g/mol. The van der Waals surface area contributed by atoms with Gasteiger partial charge in [-0.15, -0.1) is 0 Å². The maximum Gasteiger partial charge on any atom is 0.306 e. The molecule has 37 heavy (non-hydrogen) atoms. The van der Waals surface area contributed by atoms with Crippen molar-refractivity contribution < 1.29 is 19.7 Å². The fourth-order valence-electron chi connectivity index (χ4n) is 4.90. The van der Waals surface area contributed by atoms with Crippen LogP contribution in [0.2, 0.25) is 0 Å². The van der Waals surface area contributed by atoms with Crippen LogP contribution in [-0.4, -0.2) is 22.8 Å². The molecule has 0 aromatic heterocycles. The van der Waals surface area contributed by atoms with Crippen LogP contribution in [0.1, 0.15) is 133 Å². The van der Waals surface area contributed by atoms with Gasteiger partial charge in [-0.3, -0.25) is 4.79 Å². The summed E-state index contributed by atoms with van der Waals surface area (Å²) in [6.45, 7) is 2.74. The van der Waals surface area contributed by atoms with Crippen molar-refractivity contribution in [1.82, 2.24) is 0 Å². The monoisotopic (exact) mass is 510 g/mol. The summed E-state index contributed by atoms with van der Waals surface area (Å²) in [6.07, 6.45) is 21.4. The van der Waals surface area contributed by atoms with E-state index >= 15 is 0 Å². The van der Waals surface area contributed by atoms with Gasteiger partial charge in [0.15, 0.2) is 0 Å². The summed E-state index contributed by atoms with van der Waals surface area (Å²) in [5.41, 5.74) is 1.87. The lowest BCUT2D eigenvalue weighted by molar-refractivity contribution is -0.144. The number of ether oxygens (including phenoxy) is 1. The van der Waals surface area contributed by atoms with E-state index in [2.05, 4.69) is 6.92 Å². The normalized spacial score (nSPS) is 11.2. The third-order valence-electron chi connectivity index (χ3n) is 7.22. The lowest BCUT2D eigenvalue weighted by atomic mass is 9.88. The Hall–Kier alpha value is -2.49. The zero-order chi connectivity index (χ0) is 26.6. The highest BCUT2D eigenvalue weighted by Gasteiger charge is 2.19. The van der Waals surface area contributed by atoms with Crippen LogP contribution in [0.3, 0.4) is 0 Å². The maximum atomic E-state index is 12.6. The Balaban J connectivity index is 1.51. The van der Waals surface area contributed by atoms with Crippen molar-refractivity contribution in [2.24, 2.45) is 0 Å². The van der Waals surface area contributed by atoms with Gasteiger partial charge >= 0.3 is 5.97 Å². The maximum absolute atomic E-state index is 12.6. The summed E-state index contributed by atoms with van der Waals surface area (Å²) in [5, 5.41) is 19.2. The fourth-order valence-corrected chi connectivity index (χ4v) is 4.90. The van der Waals surface area contributed by atoms with Gasteiger partial charge in [-0.2, -0.15) is 0 Å². The second kappa shape index (κ2) is 19.6. The van der Waals surface area contributed by atoms with Crippen molar-refractivity contribution in [3.8, 4) is 11.5 Å². The van der Waals surface area contributed by atoms with Crippen LogP contribution in [0.5, 0.6) is 11.5 Å². The highest BCUT2D eigenvalue weighted by Crippen LogP contribution is 2.30. The number of phenols is 2. The van der Waals surface area contributed by atoms with Gasteiger partial charge in [-0.25, -0.2) is 0 Å². The molecule has 0 amide bonds. The number of phenolic OH excluding ortho intramolecular Hbond substituents is 2. The van der Waals surface area contributed by atoms with Gasteiger partial charge in [-0.1, -0.05) is 128 Å². The first-order chi connectivity index (χ1) is 18.1. The third kappa shape index (κ3) is 14.1. The minimum atomic E-state index is -0.216. The summed E-state index contributed by atoms with van der Waals surface area (Å²) in [5.74, 6) is -0.00911. The van der Waals surface area contributed by atoms with Gasteiger partial charge in [0, 0.05) is 5.92 Å². The van der Waals surface area contributed by atoms with Gasteiger partial charge in [0.25, 0.3) is 0 Å². The van der Waals surface area contributed by atoms with Crippen LogP contribution in [-0.2, 0) is 9.53 Å². The van der Waals surface area contributed by atoms with Crippen molar-refractivity contribution >= 4 is 5.97 Å². The molecule has 0 saturated carbocycles. The second-order valence-electron chi connectivity index (χ2n) is 10.5. The average molecular weight is 511 g/mol. The largest absolute Gasteiger partial charge is 0.508 e. The highest BCUT2D eigenvalue weighted by atomic mass is 16.5. The first-order valence-corrected chi connectivity index (χ1v) is 14.8. The standard InChI is InChI=1S/C33H50O4/c1-2-3-4-5-6-7-8-9-10-11-12-13-14-15-16-17-26-37-33(36)27-32(28-18-22-30(34)23-19-28)29-20-24-31(35)25-21-29/h18-25,32,34-35H,2-17,26-27H2,1H3. The number of esters is 1. The number of hydrogen-bond acceptors (Lipinski definition) is 4. The van der Waals surface area contributed by atoms with Crippen LogP contribution in [0, 0.1) is 0 Å². The molecule has 2 N–H and O–H groups in total. The summed E-state index contributed by atoms with van der Waals surface area (Å²) in [6, 6.07) is 13.8. The Kier molecular flexibility index (Phi) is 16.3. The van der Waals surface area contributed by atoms with E-state index in [0.29, 0.717) is 6.61 Å². The Bertz CT molecular complexity index is 783. The number of aromatic hydroxyl groups is 2. The summed E-state index contributed by atoms with van der Waals surface area (Å²) >= 11 is 0. The molecule has 0 heterocycles. The van der Waals surface area contributed by atoms with E-state index in [1.54, 1.807) is 24.3 Å². The molecular formula is C33H50O4. The van der Waals surface area contributed by atoms with Crippen LogP contribution in [0.4, 0.5) is 0 Å². The molecule has 0 unspecified atom stereocenters. The van der Waals surface area contributed by atoms with Crippen LogP contribution in [0.15, 0.2) is 48.5 Å². The zero-order valence-corrected chi connectivity index (χ0v) is 23.1. The molecule has 0 aliphatic heterocycles. The van der Waals surface area contributed by atoms with Gasteiger partial charge in [0.05, 0.1) is 13.0 Å². The van der Waals surface area contributed by atoms with Gasteiger partial charge in [0.1, 0.15) is 11.5 Å². The minimum absolute atomic E-state index is 0.181. The Morgan fingerprint density at radius 3 is 1.32 bits per heavy atom. The topological polar surface area (TPSA) is 66.8 Å². The van der Waals surface area contributed by atoms with Crippen molar-refractivity contribution in [3.05, 3.63) is 59.7 Å². The molecule has 0 atom stereocenters. The fraction of sp³-hybridized carbons (Fsp3) is 0.606. The molecule has 4 heteroatoms. The zero-order valence-electron chi connectivity index (χ0n) is 23.1. The molecule has 0 spiro atoms.